The molecule has 88 valence electrons. The predicted molar refractivity (Wildman–Crippen MR) is 60.6 cm³/mol. The van der Waals surface area contributed by atoms with Crippen LogP contribution in [0.4, 0.5) is 5.69 Å². The van der Waals surface area contributed by atoms with Gasteiger partial charge in [-0.05, 0) is 13.0 Å². The summed E-state index contributed by atoms with van der Waals surface area (Å²) in [5.41, 5.74) is 2.19. The molecule has 0 atom stereocenters. The summed E-state index contributed by atoms with van der Waals surface area (Å²) in [4.78, 5) is 26.3. The number of fused-ring (bicyclic) bond motifs is 1. The maximum atomic E-state index is 11.3. The van der Waals surface area contributed by atoms with Gasteiger partial charge in [0.15, 0.2) is 0 Å². The van der Waals surface area contributed by atoms with Gasteiger partial charge >= 0.3 is 11.9 Å². The van der Waals surface area contributed by atoms with E-state index < -0.39 is 11.9 Å². The Labute approximate surface area is 97.2 Å². The summed E-state index contributed by atoms with van der Waals surface area (Å²) >= 11 is 0. The van der Waals surface area contributed by atoms with E-state index in [1.807, 2.05) is 11.3 Å². The Balaban J connectivity index is 2.25. The number of carbonyl (C=O) groups is 2. The second-order valence-corrected chi connectivity index (χ2v) is 3.49. The van der Waals surface area contributed by atoms with Crippen LogP contribution in [-0.2, 0) is 14.3 Å². The number of carbonyl (C=O) groups excluding carboxylic acids is 2. The van der Waals surface area contributed by atoms with E-state index in [1.165, 1.54) is 0 Å². The van der Waals surface area contributed by atoms with Crippen molar-refractivity contribution in [1.82, 2.24) is 9.38 Å². The number of amides is 1. The molecular formula is C11H11N3O3. The van der Waals surface area contributed by atoms with Crippen LogP contribution >= 0.6 is 0 Å². The number of hydrogen-bond donors (Lipinski definition) is 1. The highest BCUT2D eigenvalue weighted by Crippen LogP contribution is 2.12. The Bertz CT molecular complexity index is 589. The minimum atomic E-state index is -0.926. The Hall–Kier alpha value is -2.37. The first-order chi connectivity index (χ1) is 8.11. The number of nitrogens with zero attached hydrogens (tertiary/aromatic N) is 2. The lowest BCUT2D eigenvalue weighted by molar-refractivity contribution is -0.150. The highest BCUT2D eigenvalue weighted by atomic mass is 16.5. The molecular weight excluding hydrogens is 222 g/mol. The third-order valence-electron chi connectivity index (χ3n) is 2.33. The molecule has 0 saturated carbocycles. The monoisotopic (exact) mass is 233 g/mol. The van der Waals surface area contributed by atoms with Crippen molar-refractivity contribution in [3.63, 3.8) is 0 Å². The van der Waals surface area contributed by atoms with Crippen molar-refractivity contribution in [2.24, 2.45) is 0 Å². The SMILES string of the molecule is COC(=O)C(=O)Nc1ccn2c(C)cnc2c1. The van der Waals surface area contributed by atoms with E-state index in [4.69, 9.17) is 0 Å². The van der Waals surface area contributed by atoms with Crippen molar-refractivity contribution in [3.05, 3.63) is 30.2 Å². The van der Waals surface area contributed by atoms with Gasteiger partial charge in [0, 0.05) is 29.8 Å². The molecule has 1 N–H and O–H groups in total. The van der Waals surface area contributed by atoms with E-state index in [0.29, 0.717) is 11.3 Å². The molecule has 0 saturated heterocycles. The number of rotatable bonds is 1. The van der Waals surface area contributed by atoms with Crippen LogP contribution in [0.2, 0.25) is 0 Å². The van der Waals surface area contributed by atoms with Gasteiger partial charge in [-0.25, -0.2) is 9.78 Å². The lowest BCUT2D eigenvalue weighted by Crippen LogP contribution is -2.23. The van der Waals surface area contributed by atoms with Gasteiger partial charge < -0.3 is 14.5 Å². The lowest BCUT2D eigenvalue weighted by atomic mass is 10.4. The van der Waals surface area contributed by atoms with Crippen LogP contribution < -0.4 is 5.32 Å². The topological polar surface area (TPSA) is 72.7 Å². The first kappa shape index (κ1) is 11.1. The van der Waals surface area contributed by atoms with E-state index in [-0.39, 0.29) is 0 Å². The van der Waals surface area contributed by atoms with Gasteiger partial charge in [-0.1, -0.05) is 0 Å². The largest absolute Gasteiger partial charge is 0.462 e. The van der Waals surface area contributed by atoms with Crippen LogP contribution in [-0.4, -0.2) is 28.4 Å². The number of aromatic nitrogens is 2. The number of anilines is 1. The number of aryl methyl sites for hydroxylation is 1. The van der Waals surface area contributed by atoms with Crippen LogP contribution in [0.5, 0.6) is 0 Å². The molecule has 0 aromatic carbocycles. The fraction of sp³-hybridized carbons (Fsp3) is 0.182. The molecule has 0 aliphatic carbocycles. The Morgan fingerprint density at radius 1 is 1.47 bits per heavy atom. The molecule has 17 heavy (non-hydrogen) atoms. The molecule has 2 heterocycles. The second-order valence-electron chi connectivity index (χ2n) is 3.49. The third-order valence-corrected chi connectivity index (χ3v) is 2.33. The number of nitrogens with one attached hydrogen (secondary N) is 1. The molecule has 0 radical (unpaired) electrons. The quantitative estimate of drug-likeness (QED) is 0.583. The zero-order chi connectivity index (χ0) is 12.4. The fourth-order valence-corrected chi connectivity index (χ4v) is 1.46. The molecule has 0 spiro atoms. The summed E-state index contributed by atoms with van der Waals surface area (Å²) in [5.74, 6) is -1.73. The maximum absolute atomic E-state index is 11.3. The predicted octanol–water partition coefficient (Wildman–Crippen LogP) is 0.754. The zero-order valence-electron chi connectivity index (χ0n) is 9.43. The summed E-state index contributed by atoms with van der Waals surface area (Å²) in [5, 5.41) is 2.43. The molecule has 0 bridgehead atoms. The molecule has 1 amide bonds. The number of esters is 1. The number of hydrogen-bond acceptors (Lipinski definition) is 4. The van der Waals surface area contributed by atoms with Crippen molar-refractivity contribution >= 4 is 23.2 Å². The van der Waals surface area contributed by atoms with Crippen LogP contribution in [0.3, 0.4) is 0 Å². The van der Waals surface area contributed by atoms with E-state index in [0.717, 1.165) is 12.8 Å². The Morgan fingerprint density at radius 3 is 2.94 bits per heavy atom. The van der Waals surface area contributed by atoms with Crippen molar-refractivity contribution in [2.45, 2.75) is 6.92 Å². The summed E-state index contributed by atoms with van der Waals surface area (Å²) in [6, 6.07) is 3.36. The van der Waals surface area contributed by atoms with Crippen molar-refractivity contribution in [2.75, 3.05) is 12.4 Å². The highest BCUT2D eigenvalue weighted by molar-refractivity contribution is 6.37. The molecule has 2 aromatic heterocycles. The van der Waals surface area contributed by atoms with Gasteiger partial charge in [-0.2, -0.15) is 0 Å². The molecule has 0 aliphatic heterocycles. The maximum Gasteiger partial charge on any atom is 0.396 e. The summed E-state index contributed by atoms with van der Waals surface area (Å²) < 4.78 is 6.17. The minimum absolute atomic E-state index is 0.499. The van der Waals surface area contributed by atoms with Crippen LogP contribution in [0.1, 0.15) is 5.69 Å². The molecule has 2 rings (SSSR count). The van der Waals surface area contributed by atoms with Gasteiger partial charge in [-0.3, -0.25) is 4.79 Å². The van der Waals surface area contributed by atoms with E-state index in [1.54, 1.807) is 24.5 Å². The van der Waals surface area contributed by atoms with Crippen LogP contribution in [0, 0.1) is 6.92 Å². The standard InChI is InChI=1S/C11H11N3O3/c1-7-6-12-9-5-8(3-4-14(7)9)13-10(15)11(16)17-2/h3-6H,1-2H3,(H,13,15). The third kappa shape index (κ3) is 2.10. The normalized spacial score (nSPS) is 10.2. The fourth-order valence-electron chi connectivity index (χ4n) is 1.46. The van der Waals surface area contributed by atoms with Gasteiger partial charge in [0.2, 0.25) is 0 Å². The van der Waals surface area contributed by atoms with Crippen LogP contribution in [0.15, 0.2) is 24.5 Å². The van der Waals surface area contributed by atoms with E-state index in [9.17, 15) is 9.59 Å². The van der Waals surface area contributed by atoms with Gasteiger partial charge in [0.25, 0.3) is 0 Å². The van der Waals surface area contributed by atoms with E-state index in [2.05, 4.69) is 15.0 Å². The average molecular weight is 233 g/mol. The van der Waals surface area contributed by atoms with Gasteiger partial charge in [-0.15, -0.1) is 0 Å². The van der Waals surface area contributed by atoms with E-state index >= 15 is 0 Å². The zero-order valence-corrected chi connectivity index (χ0v) is 9.43. The summed E-state index contributed by atoms with van der Waals surface area (Å²) in [6.07, 6.45) is 3.49. The number of imidazole rings is 1. The first-order valence-electron chi connectivity index (χ1n) is 4.95. The van der Waals surface area contributed by atoms with Crippen molar-refractivity contribution < 1.29 is 14.3 Å². The van der Waals surface area contributed by atoms with Crippen LogP contribution in [0.25, 0.3) is 5.65 Å². The second kappa shape index (κ2) is 4.25. The average Bonchev–Trinajstić information content (AvgIpc) is 2.69. The lowest BCUT2D eigenvalue weighted by Gasteiger charge is -2.04. The molecule has 0 unspecified atom stereocenters. The molecule has 2 aromatic rings. The summed E-state index contributed by atoms with van der Waals surface area (Å²) in [6.45, 7) is 1.92. The van der Waals surface area contributed by atoms with Crippen molar-refractivity contribution in [1.29, 1.82) is 0 Å². The minimum Gasteiger partial charge on any atom is -0.462 e. The Morgan fingerprint density at radius 2 is 2.24 bits per heavy atom. The number of ether oxygens (including phenoxy) is 1. The van der Waals surface area contributed by atoms with Crippen molar-refractivity contribution in [3.8, 4) is 0 Å². The van der Waals surface area contributed by atoms with Gasteiger partial charge in [0.05, 0.1) is 7.11 Å². The number of methoxy groups -OCH3 is 1. The molecule has 0 aliphatic rings. The molecule has 6 nitrogen and oxygen atoms in total. The molecule has 6 heteroatoms. The number of pyridine rings is 1. The highest BCUT2D eigenvalue weighted by Gasteiger charge is 2.13. The molecule has 0 fully saturated rings. The smallest absolute Gasteiger partial charge is 0.396 e. The summed E-state index contributed by atoms with van der Waals surface area (Å²) in [7, 11) is 1.16. The Kier molecular flexibility index (Phi) is 2.78. The first-order valence-corrected chi connectivity index (χ1v) is 4.95. The van der Waals surface area contributed by atoms with Gasteiger partial charge in [0.1, 0.15) is 5.65 Å².